The molecule has 0 radical (unpaired) electrons. The van der Waals surface area contributed by atoms with Crippen LogP contribution in [-0.4, -0.2) is 40.5 Å². The Balaban J connectivity index is 1.33. The van der Waals surface area contributed by atoms with Crippen LogP contribution in [0, 0.1) is 11.6 Å². The maximum absolute atomic E-state index is 15.1. The molecule has 0 atom stereocenters. The molecule has 3 aromatic heterocycles. The number of anilines is 3. The van der Waals surface area contributed by atoms with E-state index in [0.29, 0.717) is 5.82 Å². The molecule has 0 bridgehead atoms. The lowest BCUT2D eigenvalue weighted by Gasteiger charge is -2.16. The lowest BCUT2D eigenvalue weighted by atomic mass is 10.2. The molecule has 0 spiro atoms. The molecule has 2 aromatic carbocycles. The Morgan fingerprint density at radius 3 is 2.32 bits per heavy atom. The molecule has 5 aromatic rings. The van der Waals surface area contributed by atoms with E-state index in [1.807, 2.05) is 0 Å². The maximum atomic E-state index is 15.1. The predicted octanol–water partition coefficient (Wildman–Crippen LogP) is 4.34. The fraction of sp³-hybridized carbons (Fsp3) is 0.129. The number of halogens is 2. The second-order valence-electron chi connectivity index (χ2n) is 10.2. The average molecular weight is 664 g/mol. The molecule has 242 valence electrons. The van der Waals surface area contributed by atoms with Gasteiger partial charge < -0.3 is 15.4 Å². The third-order valence-electron chi connectivity index (χ3n) is 6.72. The summed E-state index contributed by atoms with van der Waals surface area (Å²) in [7, 11) is -2.36. The normalized spacial score (nSPS) is 11.4. The molecule has 3 N–H and O–H groups in total. The van der Waals surface area contributed by atoms with Crippen LogP contribution in [0.15, 0.2) is 99.8 Å². The summed E-state index contributed by atoms with van der Waals surface area (Å²) < 4.78 is 62.2. The lowest BCUT2D eigenvalue weighted by Crippen LogP contribution is -2.42. The molecule has 5 rings (SSSR count). The zero-order chi connectivity index (χ0) is 33.9. The molecule has 0 saturated carbocycles. The fourth-order valence-corrected chi connectivity index (χ4v) is 4.98. The van der Waals surface area contributed by atoms with Gasteiger partial charge in [0, 0.05) is 42.5 Å². The SMILES string of the molecule is CNS(=O)(=O)c1ccc(Nc2cc(Oc3ccc(NC(=O)c4cn(C(C)C)c(=O)n(-c5ccc(F)cc5)c4=O)cc3F)ccn2)nc1. The quantitative estimate of drug-likeness (QED) is 0.197. The Hall–Kier alpha value is -5.74. The molecular formula is C31H27F2N7O6S. The van der Waals surface area contributed by atoms with Crippen molar-refractivity contribution in [3.05, 3.63) is 123 Å². The van der Waals surface area contributed by atoms with E-state index in [0.717, 1.165) is 29.0 Å². The van der Waals surface area contributed by atoms with E-state index in [1.165, 1.54) is 72.5 Å². The molecule has 0 saturated heterocycles. The van der Waals surface area contributed by atoms with Gasteiger partial charge in [0.15, 0.2) is 11.6 Å². The van der Waals surface area contributed by atoms with Gasteiger partial charge in [-0.05, 0) is 75.5 Å². The van der Waals surface area contributed by atoms with E-state index in [-0.39, 0.29) is 33.6 Å². The second-order valence-corrected chi connectivity index (χ2v) is 12.1. The number of aromatic nitrogens is 4. The third kappa shape index (κ3) is 7.23. The highest BCUT2D eigenvalue weighted by Crippen LogP contribution is 2.28. The number of benzene rings is 2. The highest BCUT2D eigenvalue weighted by Gasteiger charge is 2.21. The molecule has 16 heteroatoms. The summed E-state index contributed by atoms with van der Waals surface area (Å²) in [5, 5.41) is 5.37. The number of rotatable bonds is 10. The van der Waals surface area contributed by atoms with Gasteiger partial charge in [-0.25, -0.2) is 41.3 Å². The van der Waals surface area contributed by atoms with Crippen LogP contribution in [0.5, 0.6) is 11.5 Å². The lowest BCUT2D eigenvalue weighted by molar-refractivity contribution is 0.102. The van der Waals surface area contributed by atoms with Crippen molar-refractivity contribution in [2.45, 2.75) is 24.8 Å². The van der Waals surface area contributed by atoms with Gasteiger partial charge in [-0.2, -0.15) is 0 Å². The molecule has 0 aliphatic carbocycles. The zero-order valence-corrected chi connectivity index (χ0v) is 25.9. The number of carbonyl (C=O) groups excluding carboxylic acids is 1. The number of sulfonamides is 1. The molecule has 0 aliphatic rings. The van der Waals surface area contributed by atoms with E-state index >= 15 is 4.39 Å². The van der Waals surface area contributed by atoms with Crippen LogP contribution in [0.3, 0.4) is 0 Å². The zero-order valence-electron chi connectivity index (χ0n) is 25.1. The Labute approximate surface area is 266 Å². The highest BCUT2D eigenvalue weighted by atomic mass is 32.2. The number of hydrogen-bond donors (Lipinski definition) is 3. The number of hydrogen-bond acceptors (Lipinski definition) is 9. The van der Waals surface area contributed by atoms with Gasteiger partial charge in [0.1, 0.15) is 33.7 Å². The van der Waals surface area contributed by atoms with Gasteiger partial charge in [0.2, 0.25) is 10.0 Å². The van der Waals surface area contributed by atoms with E-state index in [2.05, 4.69) is 25.3 Å². The minimum Gasteiger partial charge on any atom is -0.454 e. The van der Waals surface area contributed by atoms with Gasteiger partial charge in [-0.15, -0.1) is 0 Å². The molecule has 47 heavy (non-hydrogen) atoms. The number of nitrogens with zero attached hydrogens (tertiary/aromatic N) is 4. The van der Waals surface area contributed by atoms with Gasteiger partial charge in [-0.1, -0.05) is 0 Å². The Kier molecular flexibility index (Phi) is 9.25. The van der Waals surface area contributed by atoms with Crippen molar-refractivity contribution in [1.82, 2.24) is 23.8 Å². The summed E-state index contributed by atoms with van der Waals surface area (Å²) in [6.45, 7) is 3.37. The number of carbonyl (C=O) groups is 1. The van der Waals surface area contributed by atoms with Gasteiger partial charge in [0.25, 0.3) is 11.5 Å². The summed E-state index contributed by atoms with van der Waals surface area (Å²) in [6, 6.07) is 13.6. The predicted molar refractivity (Wildman–Crippen MR) is 169 cm³/mol. The largest absolute Gasteiger partial charge is 0.454 e. The van der Waals surface area contributed by atoms with Gasteiger partial charge in [-0.3, -0.25) is 14.2 Å². The van der Waals surface area contributed by atoms with Gasteiger partial charge >= 0.3 is 5.69 Å². The Morgan fingerprint density at radius 1 is 0.936 bits per heavy atom. The minimum atomic E-state index is -3.65. The third-order valence-corrected chi connectivity index (χ3v) is 8.12. The monoisotopic (exact) mass is 663 g/mol. The van der Waals surface area contributed by atoms with Crippen molar-refractivity contribution >= 4 is 33.3 Å². The summed E-state index contributed by atoms with van der Waals surface area (Å²) in [5.41, 5.74) is -1.98. The Bertz CT molecular complexity index is 2190. The van der Waals surface area contributed by atoms with E-state index in [1.54, 1.807) is 13.8 Å². The minimum absolute atomic E-state index is 0.00164. The topological polar surface area (TPSA) is 166 Å². The van der Waals surface area contributed by atoms with Crippen LogP contribution >= 0.6 is 0 Å². The van der Waals surface area contributed by atoms with Gasteiger partial charge in [0.05, 0.1) is 5.69 Å². The van der Waals surface area contributed by atoms with Crippen molar-refractivity contribution in [3.8, 4) is 17.2 Å². The fourth-order valence-electron chi connectivity index (χ4n) is 4.31. The molecule has 3 heterocycles. The first-order valence-corrected chi connectivity index (χ1v) is 15.4. The van der Waals surface area contributed by atoms with Crippen molar-refractivity contribution in [1.29, 1.82) is 0 Å². The Morgan fingerprint density at radius 2 is 1.68 bits per heavy atom. The second kappa shape index (κ2) is 13.3. The summed E-state index contributed by atoms with van der Waals surface area (Å²) in [6.07, 6.45) is 3.70. The van der Waals surface area contributed by atoms with Crippen molar-refractivity contribution in [3.63, 3.8) is 0 Å². The number of ether oxygens (including phenoxy) is 1. The number of pyridine rings is 2. The molecule has 1 amide bonds. The maximum Gasteiger partial charge on any atom is 0.335 e. The van der Waals surface area contributed by atoms with Crippen LogP contribution in [0.4, 0.5) is 26.1 Å². The number of nitrogens with one attached hydrogen (secondary N) is 3. The van der Waals surface area contributed by atoms with Crippen LogP contribution in [-0.2, 0) is 10.0 Å². The van der Waals surface area contributed by atoms with Crippen LogP contribution in [0.1, 0.15) is 30.2 Å². The average Bonchev–Trinajstić information content (AvgIpc) is 3.03. The van der Waals surface area contributed by atoms with Crippen LogP contribution < -0.4 is 31.3 Å². The van der Waals surface area contributed by atoms with E-state index in [9.17, 15) is 27.2 Å². The standard InChI is InChI=1S/C31H27F2N7O6S/c1-18(2)39-17-24(30(42)40(31(39)43)21-7-4-19(32)5-8-21)29(41)37-20-6-10-26(25(33)14-20)46-22-12-13-35-28(15-22)38-27-11-9-23(16-36-27)47(44,45)34-3/h4-18,34H,1-3H3,(H,37,41)(H,35,36,38). The van der Waals surface area contributed by atoms with Crippen molar-refractivity contribution < 1.29 is 26.7 Å². The summed E-state index contributed by atoms with van der Waals surface area (Å²) in [4.78, 5) is 47.7. The van der Waals surface area contributed by atoms with Crippen molar-refractivity contribution in [2.75, 3.05) is 17.7 Å². The number of amides is 1. The van der Waals surface area contributed by atoms with Crippen LogP contribution in [0.25, 0.3) is 5.69 Å². The smallest absolute Gasteiger partial charge is 0.335 e. The van der Waals surface area contributed by atoms with E-state index < -0.39 is 50.4 Å². The highest BCUT2D eigenvalue weighted by molar-refractivity contribution is 7.89. The first-order valence-electron chi connectivity index (χ1n) is 13.9. The first kappa shape index (κ1) is 32.6. The van der Waals surface area contributed by atoms with E-state index in [4.69, 9.17) is 4.74 Å². The molecule has 13 nitrogen and oxygen atoms in total. The van der Waals surface area contributed by atoms with Crippen LogP contribution in [0.2, 0.25) is 0 Å². The molecule has 0 aliphatic heterocycles. The molecule has 0 unspecified atom stereocenters. The summed E-state index contributed by atoms with van der Waals surface area (Å²) >= 11 is 0. The molecular weight excluding hydrogens is 636 g/mol. The molecule has 0 fully saturated rings. The first-order chi connectivity index (χ1) is 22.4. The summed E-state index contributed by atoms with van der Waals surface area (Å²) in [5.74, 6) is -1.73. The van der Waals surface area contributed by atoms with Crippen molar-refractivity contribution in [2.24, 2.45) is 0 Å².